The molecule has 3 nitrogen and oxygen atoms in total. The van der Waals surface area contributed by atoms with E-state index in [0.717, 1.165) is 39.2 Å². The van der Waals surface area contributed by atoms with E-state index in [9.17, 15) is 5.11 Å². The molecule has 1 N–H and O–H groups in total. The smallest absolute Gasteiger partial charge is 0.254 e. The van der Waals surface area contributed by atoms with Gasteiger partial charge in [0.1, 0.15) is 27.4 Å². The van der Waals surface area contributed by atoms with E-state index in [1.165, 1.54) is 67.3 Å². The van der Waals surface area contributed by atoms with Crippen LogP contribution in [-0.2, 0) is 16.5 Å². The molecule has 6 heteroatoms. The SMILES string of the molecule is Cc1cccc(C)c1N=Cc1cc(O[Si](C)(C2CCCC2)C2CCCC2)ccc1O.[Ni].[c-]1ccccc1.c1ccc([PH+](c2ccccc2)c2ccccc2)cc1. The average molecular weight is 821 g/mol. The molecule has 292 valence electrons. The number of aliphatic imine (C=N–C) groups is 1. The van der Waals surface area contributed by atoms with Crippen LogP contribution < -0.4 is 20.3 Å². The fourth-order valence-electron chi connectivity index (χ4n) is 8.25. The second-order valence-electron chi connectivity index (χ2n) is 15.0. The molecule has 2 aliphatic carbocycles. The number of aryl methyl sites for hydroxylation is 2. The normalized spacial score (nSPS) is 14.4. The van der Waals surface area contributed by atoms with E-state index in [-0.39, 0.29) is 22.2 Å². The maximum atomic E-state index is 10.4. The van der Waals surface area contributed by atoms with Gasteiger partial charge in [-0.1, -0.05) is 98.5 Å². The average Bonchev–Trinajstić information content (AvgIpc) is 3.99. The van der Waals surface area contributed by atoms with Crippen LogP contribution in [0, 0.1) is 19.9 Å². The van der Waals surface area contributed by atoms with Crippen LogP contribution >= 0.6 is 7.92 Å². The topological polar surface area (TPSA) is 41.8 Å². The van der Waals surface area contributed by atoms with Crippen LogP contribution in [0.15, 0.2) is 163 Å². The van der Waals surface area contributed by atoms with Crippen molar-refractivity contribution in [3.63, 3.8) is 0 Å². The van der Waals surface area contributed by atoms with E-state index in [4.69, 9.17) is 9.42 Å². The Kier molecular flexibility index (Phi) is 16.7. The van der Waals surface area contributed by atoms with Crippen molar-refractivity contribution in [2.75, 3.05) is 0 Å². The first-order valence-corrected chi connectivity index (χ1v) is 24.1. The third-order valence-corrected chi connectivity index (χ3v) is 19.0. The van der Waals surface area contributed by atoms with Gasteiger partial charge in [0.2, 0.25) is 0 Å². The molecule has 0 spiro atoms. The summed E-state index contributed by atoms with van der Waals surface area (Å²) in [6.45, 7) is 6.62. The first-order chi connectivity index (χ1) is 26.9. The number of benzene rings is 6. The number of nitrogens with zero attached hydrogens (tertiary/aromatic N) is 1. The van der Waals surface area contributed by atoms with Crippen LogP contribution in [0.5, 0.6) is 11.5 Å². The molecule has 0 heterocycles. The summed E-state index contributed by atoms with van der Waals surface area (Å²) in [5.74, 6) is 1.16. The molecule has 0 radical (unpaired) electrons. The number of phenols is 1. The van der Waals surface area contributed by atoms with Crippen LogP contribution in [0.2, 0.25) is 17.6 Å². The number of hydrogen-bond donors (Lipinski definition) is 1. The molecule has 2 fully saturated rings. The van der Waals surface area contributed by atoms with Crippen molar-refractivity contribution in [1.29, 1.82) is 0 Å². The van der Waals surface area contributed by atoms with Gasteiger partial charge in [-0.05, 0) is 123 Å². The Bertz CT molecular complexity index is 1900. The zero-order chi connectivity index (χ0) is 38.3. The molecular formula is C50H56NNiO2PSi. The van der Waals surface area contributed by atoms with Crippen molar-refractivity contribution in [3.8, 4) is 11.5 Å². The maximum absolute atomic E-state index is 10.4. The summed E-state index contributed by atoms with van der Waals surface area (Å²) in [5, 5.41) is 14.7. The van der Waals surface area contributed by atoms with Crippen molar-refractivity contribution in [3.05, 3.63) is 180 Å². The van der Waals surface area contributed by atoms with E-state index >= 15 is 0 Å². The summed E-state index contributed by atoms with van der Waals surface area (Å²) in [6, 6.07) is 56.9. The summed E-state index contributed by atoms with van der Waals surface area (Å²) < 4.78 is 6.93. The van der Waals surface area contributed by atoms with Gasteiger partial charge in [-0.2, -0.15) is 36.4 Å². The molecule has 0 aromatic heterocycles. The quantitative estimate of drug-likeness (QED) is 0.0683. The summed E-state index contributed by atoms with van der Waals surface area (Å²) in [5.41, 5.74) is 5.51. The molecule has 56 heavy (non-hydrogen) atoms. The standard InChI is InChI=1S/C26H35NO2Si.C18H15P.C6H5.Ni/c1-19-9-8-10-20(2)26(19)27-18-21-17-22(15-16-25(21)28)29-30(3,23-11-4-5-12-23)24-13-6-7-14-24;1-4-10-16(11-5-1)19(17-12-6-2-7-13-17)18-14-8-3-9-15-18;1-2-4-6-5-3-1;/h8-10,15-18,23-24,28H,4-7,11-14H2,1-3H3;1-15H;1-5H;/q;;-1;/p+1. The molecule has 6 aromatic carbocycles. The van der Waals surface area contributed by atoms with E-state index in [0.29, 0.717) is 0 Å². The molecule has 0 unspecified atom stereocenters. The Hall–Kier alpha value is -4.27. The number of hydrogen-bond acceptors (Lipinski definition) is 3. The third-order valence-electron chi connectivity index (χ3n) is 11.2. The van der Waals surface area contributed by atoms with E-state index in [1.54, 1.807) is 12.3 Å². The summed E-state index contributed by atoms with van der Waals surface area (Å²) >= 11 is 0. The van der Waals surface area contributed by atoms with Gasteiger partial charge in [0.05, 0.1) is 13.6 Å². The third kappa shape index (κ3) is 11.6. The van der Waals surface area contributed by atoms with Gasteiger partial charge in [0, 0.05) is 28.3 Å². The largest absolute Gasteiger partial charge is 0.543 e. The molecular weight excluding hydrogens is 764 g/mol. The van der Waals surface area contributed by atoms with Crippen LogP contribution in [0.4, 0.5) is 5.69 Å². The molecule has 0 saturated heterocycles. The van der Waals surface area contributed by atoms with Crippen LogP contribution in [0.1, 0.15) is 68.1 Å². The van der Waals surface area contributed by atoms with E-state index < -0.39 is 16.2 Å². The van der Waals surface area contributed by atoms with Gasteiger partial charge in [-0.3, -0.25) is 4.99 Å². The van der Waals surface area contributed by atoms with E-state index in [1.807, 2.05) is 48.5 Å². The summed E-state index contributed by atoms with van der Waals surface area (Å²) in [7, 11) is -2.77. The predicted octanol–water partition coefficient (Wildman–Crippen LogP) is 12.3. The van der Waals surface area contributed by atoms with Crippen molar-refractivity contribution >= 4 is 44.1 Å². The number of aromatic hydroxyl groups is 1. The van der Waals surface area contributed by atoms with Crippen LogP contribution in [0.3, 0.4) is 0 Å². The van der Waals surface area contributed by atoms with Gasteiger partial charge < -0.3 is 9.53 Å². The molecule has 0 aliphatic heterocycles. The molecule has 0 amide bonds. The molecule has 2 aliphatic rings. The number of para-hydroxylation sites is 1. The zero-order valence-electron chi connectivity index (χ0n) is 33.0. The van der Waals surface area contributed by atoms with Crippen molar-refractivity contribution < 1.29 is 26.0 Å². The van der Waals surface area contributed by atoms with E-state index in [2.05, 4.69) is 130 Å². The first-order valence-electron chi connectivity index (χ1n) is 20.0. The Morgan fingerprint density at radius 2 is 1.07 bits per heavy atom. The van der Waals surface area contributed by atoms with Crippen LogP contribution in [0.25, 0.3) is 0 Å². The molecule has 0 bridgehead atoms. The van der Waals surface area contributed by atoms with Gasteiger partial charge >= 0.3 is 0 Å². The van der Waals surface area contributed by atoms with Crippen molar-refractivity contribution in [2.45, 2.75) is 82.8 Å². The van der Waals surface area contributed by atoms with Crippen molar-refractivity contribution in [2.24, 2.45) is 4.99 Å². The number of rotatable bonds is 9. The summed E-state index contributed by atoms with van der Waals surface area (Å²) in [4.78, 5) is 4.70. The maximum Gasteiger partial charge on any atom is 0.254 e. The molecule has 8 rings (SSSR count). The van der Waals surface area contributed by atoms with Gasteiger partial charge in [0.15, 0.2) is 0 Å². The van der Waals surface area contributed by atoms with Crippen molar-refractivity contribution in [1.82, 2.24) is 0 Å². The van der Waals surface area contributed by atoms with Gasteiger partial charge in [-0.25, -0.2) is 0 Å². The van der Waals surface area contributed by atoms with Gasteiger partial charge in [-0.15, -0.1) is 0 Å². The Labute approximate surface area is 348 Å². The van der Waals surface area contributed by atoms with Crippen LogP contribution in [-0.4, -0.2) is 19.6 Å². The predicted molar refractivity (Wildman–Crippen MR) is 240 cm³/mol. The fourth-order valence-corrected chi connectivity index (χ4v) is 15.6. The van der Waals surface area contributed by atoms with Gasteiger partial charge in [0.25, 0.3) is 8.32 Å². The Balaban J connectivity index is 0.000000196. The second-order valence-corrected chi connectivity index (χ2v) is 21.7. The molecule has 6 aromatic rings. The minimum atomic E-state index is -1.90. The fraction of sp³-hybridized carbons (Fsp3) is 0.260. The second kappa shape index (κ2) is 21.9. The zero-order valence-corrected chi connectivity index (χ0v) is 36.0. The summed E-state index contributed by atoms with van der Waals surface area (Å²) in [6.07, 6.45) is 12.5. The Morgan fingerprint density at radius 3 is 1.48 bits per heavy atom. The number of phenolic OH excluding ortho intramolecular Hbond substituents is 1. The Morgan fingerprint density at radius 1 is 0.625 bits per heavy atom. The monoisotopic (exact) mass is 819 g/mol. The first kappa shape index (κ1) is 42.9. The minimum Gasteiger partial charge on any atom is -0.543 e. The molecule has 2 saturated carbocycles. The minimum absolute atomic E-state index is 0. The molecule has 0 atom stereocenters.